The van der Waals surface area contributed by atoms with Crippen LogP contribution >= 0.6 is 11.3 Å². The van der Waals surface area contributed by atoms with Crippen LogP contribution in [-0.2, 0) is 6.54 Å². The molecule has 0 spiro atoms. The smallest absolute Gasteiger partial charge is 0.254 e. The fourth-order valence-corrected chi connectivity index (χ4v) is 2.97. The molecule has 3 nitrogen and oxygen atoms in total. The van der Waals surface area contributed by atoms with Gasteiger partial charge in [-0.15, -0.1) is 17.9 Å². The third-order valence-corrected chi connectivity index (χ3v) is 4.15. The highest BCUT2D eigenvalue weighted by Crippen LogP contribution is 2.21. The van der Waals surface area contributed by atoms with Gasteiger partial charge in [0.2, 0.25) is 0 Å². The molecule has 0 radical (unpaired) electrons. The summed E-state index contributed by atoms with van der Waals surface area (Å²) < 4.78 is 5.53. The van der Waals surface area contributed by atoms with E-state index in [-0.39, 0.29) is 5.91 Å². The largest absolute Gasteiger partial charge is 0.494 e. The number of ether oxygens (including phenoxy) is 1. The Morgan fingerprint density at radius 3 is 2.82 bits per heavy atom. The average molecular weight is 315 g/mol. The van der Waals surface area contributed by atoms with Crippen LogP contribution < -0.4 is 4.74 Å². The Kier molecular flexibility index (Phi) is 5.78. The van der Waals surface area contributed by atoms with Crippen LogP contribution in [0.1, 0.15) is 27.7 Å². The van der Waals surface area contributed by atoms with Crippen LogP contribution in [0.3, 0.4) is 0 Å². The van der Waals surface area contributed by atoms with E-state index < -0.39 is 0 Å². The number of aryl methyl sites for hydroxylation is 1. The van der Waals surface area contributed by atoms with E-state index in [1.165, 1.54) is 0 Å². The van der Waals surface area contributed by atoms with Crippen LogP contribution in [0.2, 0.25) is 0 Å². The second-order valence-electron chi connectivity index (χ2n) is 4.97. The highest BCUT2D eigenvalue weighted by atomic mass is 32.1. The number of thiophene rings is 1. The first-order chi connectivity index (χ1) is 10.7. The fraction of sp³-hybridized carbons (Fsp3) is 0.278. The number of benzene rings is 1. The molecule has 0 saturated heterocycles. The number of amides is 1. The summed E-state index contributed by atoms with van der Waals surface area (Å²) in [5.74, 6) is 0.840. The predicted octanol–water partition coefficient (Wildman–Crippen LogP) is 4.28. The van der Waals surface area contributed by atoms with E-state index in [1.54, 1.807) is 22.3 Å². The first-order valence-corrected chi connectivity index (χ1v) is 8.19. The Balaban J connectivity index is 2.19. The zero-order chi connectivity index (χ0) is 15.9. The lowest BCUT2D eigenvalue weighted by Crippen LogP contribution is -2.30. The van der Waals surface area contributed by atoms with Crippen molar-refractivity contribution in [3.05, 3.63) is 64.4 Å². The minimum absolute atomic E-state index is 0.0134. The van der Waals surface area contributed by atoms with Crippen molar-refractivity contribution in [2.24, 2.45) is 0 Å². The highest BCUT2D eigenvalue weighted by Gasteiger charge is 2.16. The zero-order valence-corrected chi connectivity index (χ0v) is 13.9. The molecule has 22 heavy (non-hydrogen) atoms. The lowest BCUT2D eigenvalue weighted by Gasteiger charge is -2.21. The van der Waals surface area contributed by atoms with E-state index in [0.717, 1.165) is 16.2 Å². The number of nitrogens with zero attached hydrogens (tertiary/aromatic N) is 1. The molecule has 0 aliphatic heterocycles. The maximum atomic E-state index is 12.7. The van der Waals surface area contributed by atoms with Crippen molar-refractivity contribution >= 4 is 17.2 Å². The van der Waals surface area contributed by atoms with Gasteiger partial charge in [0.05, 0.1) is 13.2 Å². The third kappa shape index (κ3) is 3.98. The van der Waals surface area contributed by atoms with Gasteiger partial charge in [-0.2, -0.15) is 0 Å². The van der Waals surface area contributed by atoms with E-state index in [2.05, 4.69) is 6.58 Å². The van der Waals surface area contributed by atoms with Crippen molar-refractivity contribution in [3.63, 3.8) is 0 Å². The molecule has 0 aliphatic rings. The van der Waals surface area contributed by atoms with Crippen LogP contribution in [0.4, 0.5) is 0 Å². The van der Waals surface area contributed by atoms with E-state index in [1.807, 2.05) is 49.6 Å². The molecule has 0 N–H and O–H groups in total. The molecule has 1 amide bonds. The molecule has 2 rings (SSSR count). The van der Waals surface area contributed by atoms with Crippen molar-refractivity contribution in [2.45, 2.75) is 20.4 Å². The molecule has 0 atom stereocenters. The molecule has 4 heteroatoms. The Labute approximate surface area is 135 Å². The van der Waals surface area contributed by atoms with Gasteiger partial charge < -0.3 is 9.64 Å². The van der Waals surface area contributed by atoms with Crippen molar-refractivity contribution in [1.29, 1.82) is 0 Å². The van der Waals surface area contributed by atoms with E-state index in [9.17, 15) is 4.79 Å². The van der Waals surface area contributed by atoms with Gasteiger partial charge in [0.1, 0.15) is 5.75 Å². The molecule has 1 heterocycles. The van der Waals surface area contributed by atoms with Crippen molar-refractivity contribution < 1.29 is 9.53 Å². The van der Waals surface area contributed by atoms with Gasteiger partial charge >= 0.3 is 0 Å². The van der Waals surface area contributed by atoms with E-state index >= 15 is 0 Å². The highest BCUT2D eigenvalue weighted by molar-refractivity contribution is 7.09. The van der Waals surface area contributed by atoms with Crippen LogP contribution in [0.5, 0.6) is 5.75 Å². The lowest BCUT2D eigenvalue weighted by molar-refractivity contribution is 0.0764. The van der Waals surface area contributed by atoms with Gasteiger partial charge in [0.25, 0.3) is 5.91 Å². The SMILES string of the molecule is C=CCN(Cc1cccs1)C(=O)c1ccc(OCC)c(C)c1. The molecule has 0 fully saturated rings. The minimum atomic E-state index is 0.0134. The Bertz CT molecular complexity index is 635. The van der Waals surface area contributed by atoms with Gasteiger partial charge in [0.15, 0.2) is 0 Å². The van der Waals surface area contributed by atoms with E-state index in [0.29, 0.717) is 25.3 Å². The Hall–Kier alpha value is -2.07. The van der Waals surface area contributed by atoms with Crippen LogP contribution in [0, 0.1) is 6.92 Å². The maximum Gasteiger partial charge on any atom is 0.254 e. The normalized spacial score (nSPS) is 10.3. The molecule has 1 aromatic carbocycles. The predicted molar refractivity (Wildman–Crippen MR) is 91.6 cm³/mol. The van der Waals surface area contributed by atoms with Crippen LogP contribution in [0.25, 0.3) is 0 Å². The topological polar surface area (TPSA) is 29.5 Å². The molecule has 1 aromatic heterocycles. The number of hydrogen-bond acceptors (Lipinski definition) is 3. The van der Waals surface area contributed by atoms with Crippen LogP contribution in [-0.4, -0.2) is 24.0 Å². The monoisotopic (exact) mass is 315 g/mol. The maximum absolute atomic E-state index is 12.7. The number of rotatable bonds is 7. The van der Waals surface area contributed by atoms with Gasteiger partial charge in [-0.1, -0.05) is 12.1 Å². The van der Waals surface area contributed by atoms with Gasteiger partial charge in [-0.05, 0) is 49.1 Å². The molecule has 0 saturated carbocycles. The molecule has 0 aliphatic carbocycles. The number of hydrogen-bond donors (Lipinski definition) is 0. The van der Waals surface area contributed by atoms with Crippen molar-refractivity contribution in [2.75, 3.05) is 13.2 Å². The van der Waals surface area contributed by atoms with E-state index in [4.69, 9.17) is 4.74 Å². The molecule has 0 unspecified atom stereocenters. The quantitative estimate of drug-likeness (QED) is 0.714. The summed E-state index contributed by atoms with van der Waals surface area (Å²) in [4.78, 5) is 15.7. The van der Waals surface area contributed by atoms with Crippen molar-refractivity contribution in [3.8, 4) is 5.75 Å². The summed E-state index contributed by atoms with van der Waals surface area (Å²) in [6.07, 6.45) is 1.76. The van der Waals surface area contributed by atoms with Gasteiger partial charge in [-0.3, -0.25) is 4.79 Å². The summed E-state index contributed by atoms with van der Waals surface area (Å²) in [6, 6.07) is 9.61. The zero-order valence-electron chi connectivity index (χ0n) is 13.0. The lowest BCUT2D eigenvalue weighted by atomic mass is 10.1. The number of carbonyl (C=O) groups is 1. The molecule has 2 aromatic rings. The second kappa shape index (κ2) is 7.80. The Morgan fingerprint density at radius 2 is 2.23 bits per heavy atom. The molecule has 116 valence electrons. The summed E-state index contributed by atoms with van der Waals surface area (Å²) in [6.45, 7) is 9.42. The minimum Gasteiger partial charge on any atom is -0.494 e. The number of carbonyl (C=O) groups excluding carboxylic acids is 1. The first-order valence-electron chi connectivity index (χ1n) is 7.31. The average Bonchev–Trinajstić information content (AvgIpc) is 3.01. The molecular weight excluding hydrogens is 294 g/mol. The fourth-order valence-electron chi connectivity index (χ4n) is 2.25. The Morgan fingerprint density at radius 1 is 1.41 bits per heavy atom. The molecule has 0 bridgehead atoms. The van der Waals surface area contributed by atoms with Crippen LogP contribution in [0.15, 0.2) is 48.4 Å². The molecular formula is C18H21NO2S. The van der Waals surface area contributed by atoms with Gasteiger partial charge in [-0.25, -0.2) is 0 Å². The standard InChI is InChI=1S/C18H21NO2S/c1-4-10-19(13-16-7-6-11-22-16)18(20)15-8-9-17(21-5-2)14(3)12-15/h4,6-9,11-12H,1,5,10,13H2,2-3H3. The summed E-state index contributed by atoms with van der Waals surface area (Å²) in [5, 5.41) is 2.02. The second-order valence-corrected chi connectivity index (χ2v) is 6.00. The summed E-state index contributed by atoms with van der Waals surface area (Å²) >= 11 is 1.65. The summed E-state index contributed by atoms with van der Waals surface area (Å²) in [5.41, 5.74) is 1.65. The third-order valence-electron chi connectivity index (χ3n) is 3.29. The van der Waals surface area contributed by atoms with Gasteiger partial charge in [0, 0.05) is 17.0 Å². The first kappa shape index (κ1) is 16.3. The summed E-state index contributed by atoms with van der Waals surface area (Å²) in [7, 11) is 0. The van der Waals surface area contributed by atoms with Crippen molar-refractivity contribution in [1.82, 2.24) is 4.90 Å².